The molecule has 1 heterocycles. The molecule has 27 heavy (non-hydrogen) atoms. The first-order valence-electron chi connectivity index (χ1n) is 10.8. The molecular formula is C24H38O3. The number of carbonyl (C=O) groups excluding carboxylic acids is 1. The summed E-state index contributed by atoms with van der Waals surface area (Å²) < 4.78 is 11.7. The van der Waals surface area contributed by atoms with Crippen LogP contribution in [0.4, 0.5) is 0 Å². The van der Waals surface area contributed by atoms with Crippen LogP contribution in [0, 0.1) is 22.7 Å². The third-order valence-corrected chi connectivity index (χ3v) is 7.76. The van der Waals surface area contributed by atoms with Crippen molar-refractivity contribution in [2.24, 2.45) is 22.7 Å². The SMILES string of the molecule is C=C1CC[C@H]2[C@]3(C)C[C@@H](C=C(C)C)O[C@H]3CC[C@]2(C)[C@@H]1CCC(=O)OCC. The van der Waals surface area contributed by atoms with Gasteiger partial charge in [0.05, 0.1) is 18.8 Å². The van der Waals surface area contributed by atoms with Crippen LogP contribution in [-0.2, 0) is 14.3 Å². The molecule has 0 spiro atoms. The Kier molecular flexibility index (Phi) is 5.91. The Labute approximate surface area is 165 Å². The summed E-state index contributed by atoms with van der Waals surface area (Å²) in [7, 11) is 0. The topological polar surface area (TPSA) is 35.5 Å². The zero-order valence-corrected chi connectivity index (χ0v) is 18.0. The van der Waals surface area contributed by atoms with E-state index in [1.165, 1.54) is 24.0 Å². The van der Waals surface area contributed by atoms with Crippen LogP contribution in [0.15, 0.2) is 23.8 Å². The fourth-order valence-electron chi connectivity index (χ4n) is 6.66. The van der Waals surface area contributed by atoms with E-state index in [1.54, 1.807) is 0 Å². The summed E-state index contributed by atoms with van der Waals surface area (Å²) in [5.74, 6) is 0.988. The van der Waals surface area contributed by atoms with E-state index >= 15 is 0 Å². The molecule has 152 valence electrons. The van der Waals surface area contributed by atoms with E-state index in [-0.39, 0.29) is 22.9 Å². The molecule has 3 nitrogen and oxygen atoms in total. The molecule has 3 rings (SSSR count). The quantitative estimate of drug-likeness (QED) is 0.448. The van der Waals surface area contributed by atoms with Crippen LogP contribution < -0.4 is 0 Å². The highest BCUT2D eigenvalue weighted by Gasteiger charge is 2.61. The van der Waals surface area contributed by atoms with Crippen LogP contribution in [0.5, 0.6) is 0 Å². The number of hydrogen-bond acceptors (Lipinski definition) is 3. The van der Waals surface area contributed by atoms with E-state index in [0.717, 1.165) is 25.7 Å². The van der Waals surface area contributed by atoms with Crippen molar-refractivity contribution in [2.75, 3.05) is 6.61 Å². The van der Waals surface area contributed by atoms with Gasteiger partial charge in [0.15, 0.2) is 0 Å². The lowest BCUT2D eigenvalue weighted by Crippen LogP contribution is -2.54. The molecule has 0 aromatic rings. The van der Waals surface area contributed by atoms with Gasteiger partial charge >= 0.3 is 5.97 Å². The second kappa shape index (κ2) is 7.73. The van der Waals surface area contributed by atoms with Crippen molar-refractivity contribution in [2.45, 2.75) is 91.8 Å². The lowest BCUT2D eigenvalue weighted by molar-refractivity contribution is -0.144. The first-order chi connectivity index (χ1) is 12.7. The maximum Gasteiger partial charge on any atom is 0.305 e. The van der Waals surface area contributed by atoms with E-state index in [9.17, 15) is 4.79 Å². The number of allylic oxidation sites excluding steroid dienone is 2. The average Bonchev–Trinajstić information content (AvgIpc) is 2.89. The summed E-state index contributed by atoms with van der Waals surface area (Å²) in [4.78, 5) is 12.0. The van der Waals surface area contributed by atoms with E-state index in [0.29, 0.717) is 31.0 Å². The van der Waals surface area contributed by atoms with Gasteiger partial charge in [0.2, 0.25) is 0 Å². The van der Waals surface area contributed by atoms with Crippen molar-refractivity contribution in [1.29, 1.82) is 0 Å². The van der Waals surface area contributed by atoms with Crippen molar-refractivity contribution >= 4 is 5.97 Å². The zero-order valence-electron chi connectivity index (χ0n) is 18.0. The van der Waals surface area contributed by atoms with Crippen LogP contribution in [0.2, 0.25) is 0 Å². The Morgan fingerprint density at radius 2 is 2.04 bits per heavy atom. The van der Waals surface area contributed by atoms with Crippen LogP contribution >= 0.6 is 0 Å². The fourth-order valence-corrected chi connectivity index (χ4v) is 6.66. The minimum absolute atomic E-state index is 0.0660. The highest BCUT2D eigenvalue weighted by molar-refractivity contribution is 5.69. The van der Waals surface area contributed by atoms with Gasteiger partial charge in [0.1, 0.15) is 0 Å². The van der Waals surface area contributed by atoms with Crippen molar-refractivity contribution < 1.29 is 14.3 Å². The van der Waals surface area contributed by atoms with Crippen LogP contribution in [0.3, 0.4) is 0 Å². The second-order valence-corrected chi connectivity index (χ2v) is 9.81. The molecule has 6 atom stereocenters. The Morgan fingerprint density at radius 3 is 2.70 bits per heavy atom. The fraction of sp³-hybridized carbons (Fsp3) is 0.792. The Balaban J connectivity index is 1.81. The first-order valence-corrected chi connectivity index (χ1v) is 10.8. The summed E-state index contributed by atoms with van der Waals surface area (Å²) in [6, 6.07) is 0. The third-order valence-electron chi connectivity index (χ3n) is 7.76. The van der Waals surface area contributed by atoms with E-state index in [2.05, 4.69) is 40.3 Å². The molecule has 1 saturated heterocycles. The maximum absolute atomic E-state index is 12.0. The van der Waals surface area contributed by atoms with Gasteiger partial charge in [-0.15, -0.1) is 0 Å². The molecule has 0 bridgehead atoms. The van der Waals surface area contributed by atoms with Gasteiger partial charge in [-0.1, -0.05) is 37.6 Å². The van der Waals surface area contributed by atoms with Crippen molar-refractivity contribution in [1.82, 2.24) is 0 Å². The molecule has 0 aromatic heterocycles. The minimum Gasteiger partial charge on any atom is -0.466 e. The van der Waals surface area contributed by atoms with Gasteiger partial charge in [-0.05, 0) is 82.0 Å². The highest BCUT2D eigenvalue weighted by Crippen LogP contribution is 2.65. The molecule has 3 fully saturated rings. The van der Waals surface area contributed by atoms with E-state index in [1.807, 2.05) is 6.92 Å². The third kappa shape index (κ3) is 3.77. The Hall–Kier alpha value is -1.09. The predicted octanol–water partition coefficient (Wildman–Crippen LogP) is 5.84. The van der Waals surface area contributed by atoms with Gasteiger partial charge in [0, 0.05) is 6.42 Å². The molecule has 0 unspecified atom stereocenters. The molecule has 1 aliphatic heterocycles. The van der Waals surface area contributed by atoms with Crippen molar-refractivity contribution in [3.05, 3.63) is 23.8 Å². The summed E-state index contributed by atoms with van der Waals surface area (Å²) in [6.45, 7) is 16.0. The Morgan fingerprint density at radius 1 is 1.30 bits per heavy atom. The van der Waals surface area contributed by atoms with Gasteiger partial charge in [-0.2, -0.15) is 0 Å². The molecule has 0 amide bonds. The number of rotatable bonds is 5. The smallest absolute Gasteiger partial charge is 0.305 e. The average molecular weight is 375 g/mol. The lowest BCUT2D eigenvalue weighted by Gasteiger charge is -2.59. The zero-order chi connectivity index (χ0) is 19.8. The van der Waals surface area contributed by atoms with Gasteiger partial charge < -0.3 is 9.47 Å². The standard InChI is InChI=1S/C24H38O3/c1-7-26-22(25)11-9-19-17(4)8-10-20-23(19,5)13-12-21-24(20,6)15-18(27-21)14-16(2)3/h14,18-21H,4,7-13,15H2,1-3,5-6H3/t18-,19-,20-,21+,23-,24+/m1/s1. The molecular weight excluding hydrogens is 336 g/mol. The lowest BCUT2D eigenvalue weighted by atomic mass is 9.45. The van der Waals surface area contributed by atoms with Crippen molar-refractivity contribution in [3.63, 3.8) is 0 Å². The van der Waals surface area contributed by atoms with Crippen LogP contribution in [-0.4, -0.2) is 24.8 Å². The number of hydrogen-bond donors (Lipinski definition) is 0. The van der Waals surface area contributed by atoms with Crippen LogP contribution in [0.25, 0.3) is 0 Å². The second-order valence-electron chi connectivity index (χ2n) is 9.81. The Bertz CT molecular complexity index is 617. The molecule has 0 radical (unpaired) electrons. The molecule has 0 N–H and O–H groups in total. The van der Waals surface area contributed by atoms with Crippen LogP contribution in [0.1, 0.15) is 79.6 Å². The number of carbonyl (C=O) groups is 1. The summed E-state index contributed by atoms with van der Waals surface area (Å²) in [6.07, 6.45) is 10.0. The largest absolute Gasteiger partial charge is 0.466 e. The molecule has 3 heteroatoms. The summed E-state index contributed by atoms with van der Waals surface area (Å²) >= 11 is 0. The van der Waals surface area contributed by atoms with Gasteiger partial charge in [-0.25, -0.2) is 0 Å². The van der Waals surface area contributed by atoms with Crippen molar-refractivity contribution in [3.8, 4) is 0 Å². The minimum atomic E-state index is -0.0660. The number of ether oxygens (including phenoxy) is 2. The number of fused-ring (bicyclic) bond motifs is 3. The predicted molar refractivity (Wildman–Crippen MR) is 109 cm³/mol. The van der Waals surface area contributed by atoms with Gasteiger partial charge in [-0.3, -0.25) is 4.79 Å². The molecule has 2 saturated carbocycles. The monoisotopic (exact) mass is 374 g/mol. The summed E-state index contributed by atoms with van der Waals surface area (Å²) in [5, 5.41) is 0. The molecule has 3 aliphatic rings. The van der Waals surface area contributed by atoms with E-state index < -0.39 is 0 Å². The highest BCUT2D eigenvalue weighted by atomic mass is 16.5. The normalized spacial score (nSPS) is 40.9. The molecule has 0 aromatic carbocycles. The summed E-state index contributed by atoms with van der Waals surface area (Å²) in [5.41, 5.74) is 3.14. The van der Waals surface area contributed by atoms with Gasteiger partial charge in [0.25, 0.3) is 0 Å². The maximum atomic E-state index is 12.0. The first kappa shape index (κ1) is 20.6. The number of esters is 1. The van der Waals surface area contributed by atoms with E-state index in [4.69, 9.17) is 9.47 Å². The molecule has 2 aliphatic carbocycles.